The summed E-state index contributed by atoms with van der Waals surface area (Å²) in [4.78, 5) is 11.4. The molecule has 12 nitrogen and oxygen atoms in total. The molecule has 210 valence electrons. The van der Waals surface area contributed by atoms with Crippen LogP contribution in [0.15, 0.2) is 36.4 Å². The second-order valence-corrected chi connectivity index (χ2v) is 10.8. The van der Waals surface area contributed by atoms with Crippen LogP contribution in [-0.4, -0.2) is 74.0 Å². The molecule has 2 aromatic rings. The molecule has 0 aromatic heterocycles. The average molecular weight is 557 g/mol. The first kappa shape index (κ1) is 29.5. The van der Waals surface area contributed by atoms with E-state index in [0.717, 1.165) is 5.56 Å². The van der Waals surface area contributed by atoms with E-state index in [2.05, 4.69) is 4.18 Å². The molecule has 38 heavy (non-hydrogen) atoms. The Morgan fingerprint density at radius 3 is 1.89 bits per heavy atom. The van der Waals surface area contributed by atoms with Crippen molar-refractivity contribution in [3.05, 3.63) is 47.5 Å². The summed E-state index contributed by atoms with van der Waals surface area (Å²) in [6.45, 7) is 3.95. The van der Waals surface area contributed by atoms with Crippen molar-refractivity contribution >= 4 is 16.4 Å². The number of carbonyl (C=O) groups is 1. The van der Waals surface area contributed by atoms with Crippen LogP contribution < -0.4 is 8.92 Å². The van der Waals surface area contributed by atoms with Crippen LogP contribution in [0.25, 0.3) is 0 Å². The van der Waals surface area contributed by atoms with Gasteiger partial charge < -0.3 is 39.6 Å². The Bertz CT molecular complexity index is 1250. The number of phenols is 2. The second-order valence-electron chi connectivity index (χ2n) is 9.79. The smallest absolute Gasteiger partial charge is 0.446 e. The molecule has 0 heterocycles. The highest BCUT2D eigenvalue weighted by atomic mass is 32.3. The number of aliphatic hydroxyl groups is 3. The summed E-state index contributed by atoms with van der Waals surface area (Å²) in [5.41, 5.74) is 1.43. The third kappa shape index (κ3) is 7.26. The van der Waals surface area contributed by atoms with Gasteiger partial charge in [-0.2, -0.15) is 8.42 Å². The van der Waals surface area contributed by atoms with E-state index in [4.69, 9.17) is 9.29 Å². The zero-order valence-electron chi connectivity index (χ0n) is 20.7. The van der Waals surface area contributed by atoms with Crippen molar-refractivity contribution < 1.29 is 57.3 Å². The molecule has 1 fully saturated rings. The van der Waals surface area contributed by atoms with Crippen molar-refractivity contribution in [2.75, 3.05) is 0 Å². The molecule has 13 heteroatoms. The molecule has 1 aliphatic rings. The lowest BCUT2D eigenvalue weighted by molar-refractivity contribution is -0.174. The van der Waals surface area contributed by atoms with Gasteiger partial charge in [-0.1, -0.05) is 26.0 Å². The van der Waals surface area contributed by atoms with Gasteiger partial charge in [0.15, 0.2) is 23.0 Å². The standard InChI is InChI=1S/C25H32O12S/c1-12(13(2)8-15-4-6-18(27)20(10-15)37-38(33,34)35)7-14-3-5-17(26)19(9-14)36-21-11-16(25(31)32)22(28)24(30)23(21)29/h3-6,9-10,12-13,16,21-24,26-30H,7-8,11H2,1-2H3,(H,31,32)(H,33,34,35)/t12-,13+,16-,21+,22+,23-,24-/m0/s1. The molecule has 0 radical (unpaired) electrons. The zero-order chi connectivity index (χ0) is 28.4. The molecule has 0 saturated heterocycles. The van der Waals surface area contributed by atoms with Gasteiger partial charge in [0.2, 0.25) is 0 Å². The number of aromatic hydroxyl groups is 2. The number of aliphatic hydroxyl groups excluding tert-OH is 3. The van der Waals surface area contributed by atoms with Gasteiger partial charge in [-0.3, -0.25) is 9.35 Å². The van der Waals surface area contributed by atoms with Gasteiger partial charge in [0.25, 0.3) is 0 Å². The lowest BCUT2D eigenvalue weighted by Gasteiger charge is -2.38. The summed E-state index contributed by atoms with van der Waals surface area (Å²) in [5, 5.41) is 59.7. The third-order valence-electron chi connectivity index (χ3n) is 6.91. The molecule has 0 bridgehead atoms. The van der Waals surface area contributed by atoms with Gasteiger partial charge in [0.05, 0.1) is 12.0 Å². The summed E-state index contributed by atoms with van der Waals surface area (Å²) in [6, 6.07) is 8.83. The lowest BCUT2D eigenvalue weighted by atomic mass is 9.80. The molecule has 1 saturated carbocycles. The Kier molecular flexibility index (Phi) is 9.10. The highest BCUT2D eigenvalue weighted by molar-refractivity contribution is 7.81. The molecule has 0 unspecified atom stereocenters. The van der Waals surface area contributed by atoms with E-state index in [9.17, 15) is 43.9 Å². The topological polar surface area (TPSA) is 211 Å². The van der Waals surface area contributed by atoms with Crippen LogP contribution in [-0.2, 0) is 28.0 Å². The first-order valence-electron chi connectivity index (χ1n) is 11.9. The number of benzene rings is 2. The lowest BCUT2D eigenvalue weighted by Crippen LogP contribution is -2.57. The van der Waals surface area contributed by atoms with Crippen molar-refractivity contribution in [1.82, 2.24) is 0 Å². The monoisotopic (exact) mass is 556 g/mol. The van der Waals surface area contributed by atoms with Crippen molar-refractivity contribution in [3.8, 4) is 23.0 Å². The van der Waals surface area contributed by atoms with Gasteiger partial charge >= 0.3 is 16.4 Å². The fourth-order valence-corrected chi connectivity index (χ4v) is 4.87. The first-order valence-corrected chi connectivity index (χ1v) is 13.3. The molecule has 0 spiro atoms. The zero-order valence-corrected chi connectivity index (χ0v) is 21.5. The van der Waals surface area contributed by atoms with Crippen LogP contribution in [0.4, 0.5) is 0 Å². The molecule has 2 aromatic carbocycles. The highest BCUT2D eigenvalue weighted by Crippen LogP contribution is 2.35. The van der Waals surface area contributed by atoms with Crippen LogP contribution in [0.2, 0.25) is 0 Å². The highest BCUT2D eigenvalue weighted by Gasteiger charge is 2.47. The number of hydrogen-bond donors (Lipinski definition) is 7. The number of hydrogen-bond acceptors (Lipinski definition) is 10. The molecule has 7 atom stereocenters. The average Bonchev–Trinajstić information content (AvgIpc) is 2.82. The maximum absolute atomic E-state index is 11.4. The summed E-state index contributed by atoms with van der Waals surface area (Å²) < 4.78 is 41.0. The molecular weight excluding hydrogens is 524 g/mol. The minimum atomic E-state index is -4.80. The second kappa shape index (κ2) is 11.7. The summed E-state index contributed by atoms with van der Waals surface area (Å²) in [7, 11) is -4.80. The number of ether oxygens (including phenoxy) is 1. The molecule has 7 N–H and O–H groups in total. The van der Waals surface area contributed by atoms with E-state index in [1.165, 1.54) is 18.2 Å². The van der Waals surface area contributed by atoms with Crippen molar-refractivity contribution in [2.24, 2.45) is 17.8 Å². The summed E-state index contributed by atoms with van der Waals surface area (Å²) in [6.07, 6.45) is -5.41. The Morgan fingerprint density at radius 1 is 0.895 bits per heavy atom. The Hall–Kier alpha value is -3.10. The maximum atomic E-state index is 11.4. The molecular formula is C25H32O12S. The van der Waals surface area contributed by atoms with Gasteiger partial charge in [-0.25, -0.2) is 0 Å². The van der Waals surface area contributed by atoms with Crippen LogP contribution in [0.5, 0.6) is 23.0 Å². The predicted molar refractivity (Wildman–Crippen MR) is 132 cm³/mol. The number of rotatable bonds is 10. The van der Waals surface area contributed by atoms with Gasteiger partial charge in [0.1, 0.15) is 18.3 Å². The molecule has 1 aliphatic carbocycles. The summed E-state index contributed by atoms with van der Waals surface area (Å²) in [5.74, 6) is -3.68. The van der Waals surface area contributed by atoms with Gasteiger partial charge in [-0.15, -0.1) is 0 Å². The maximum Gasteiger partial charge on any atom is 0.446 e. The van der Waals surface area contributed by atoms with E-state index in [1.54, 1.807) is 18.2 Å². The minimum Gasteiger partial charge on any atom is -0.504 e. The SMILES string of the molecule is C[C@H](Cc1ccc(O)c(OS(=O)(=O)O)c1)[C@@H](C)Cc1ccc(O)c(O[C@@H]2C[C@H](C(=O)O)[C@@H](O)[C@H](O)[C@H]2O)c1. The van der Waals surface area contributed by atoms with Crippen LogP contribution in [0.3, 0.4) is 0 Å². The van der Waals surface area contributed by atoms with Crippen molar-refractivity contribution in [1.29, 1.82) is 0 Å². The number of carboxylic acid groups (broad SMARTS) is 1. The van der Waals surface area contributed by atoms with E-state index < -0.39 is 58.2 Å². The van der Waals surface area contributed by atoms with E-state index in [0.29, 0.717) is 18.4 Å². The Morgan fingerprint density at radius 2 is 1.39 bits per heavy atom. The molecule has 0 aliphatic heterocycles. The van der Waals surface area contributed by atoms with Gasteiger partial charge in [-0.05, 0) is 60.1 Å². The first-order chi connectivity index (χ1) is 17.7. The normalized spacial score (nSPS) is 25.4. The fourth-order valence-electron chi connectivity index (χ4n) is 4.51. The molecule has 3 rings (SSSR count). The van der Waals surface area contributed by atoms with E-state index in [-0.39, 0.29) is 29.8 Å². The van der Waals surface area contributed by atoms with E-state index in [1.807, 2.05) is 13.8 Å². The Balaban J connectivity index is 1.69. The van der Waals surface area contributed by atoms with E-state index >= 15 is 0 Å². The van der Waals surface area contributed by atoms with Crippen LogP contribution in [0.1, 0.15) is 31.4 Å². The largest absolute Gasteiger partial charge is 0.504 e. The quantitative estimate of drug-likeness (QED) is 0.206. The van der Waals surface area contributed by atoms with Crippen molar-refractivity contribution in [3.63, 3.8) is 0 Å². The van der Waals surface area contributed by atoms with Gasteiger partial charge in [0, 0.05) is 6.42 Å². The van der Waals surface area contributed by atoms with Crippen LogP contribution in [0, 0.1) is 17.8 Å². The fraction of sp³-hybridized carbons (Fsp3) is 0.480. The third-order valence-corrected chi connectivity index (χ3v) is 7.30. The number of carboxylic acids is 1. The number of phenolic OH excluding ortho intramolecular Hbond substituents is 2. The predicted octanol–water partition coefficient (Wildman–Crippen LogP) is 1.27. The molecule has 0 amide bonds. The Labute approximate surface area is 219 Å². The summed E-state index contributed by atoms with van der Waals surface area (Å²) >= 11 is 0. The van der Waals surface area contributed by atoms with Crippen molar-refractivity contribution in [2.45, 2.75) is 57.5 Å². The minimum absolute atomic E-state index is 0.00957. The number of aliphatic carboxylic acids is 1. The van der Waals surface area contributed by atoms with Crippen LogP contribution >= 0.6 is 0 Å².